The Kier molecular flexibility index (Phi) is 12.1. The molecule has 7 nitrogen and oxygen atoms in total. The van der Waals surface area contributed by atoms with Gasteiger partial charge in [0.05, 0.1) is 22.5 Å². The molecule has 1 aliphatic heterocycles. The van der Waals surface area contributed by atoms with Crippen LogP contribution in [0.1, 0.15) is 49.9 Å². The standard InChI is InChI=1S/C30H40F3N5O2S2.C4H6/c1-8-10-22(9-2)41-36-27(39)23-11-12-24(34-26(23)37-20-21(3)19-28(37,4)42(5,6)7)38-17-13-25(35-38)40-18-16-29(14-15-29)30(31,32)33;1-3-4-2/h8-13,17,21H,1-2,14-16,18-20H2,3-7H3,(H,36,39);3-4H,1-2H2/b22-10+;. The molecule has 0 radical (unpaired) electrons. The van der Waals surface area contributed by atoms with E-state index in [4.69, 9.17) is 9.72 Å². The lowest BCUT2D eigenvalue weighted by Crippen LogP contribution is -2.46. The van der Waals surface area contributed by atoms with E-state index in [9.17, 15) is 18.0 Å². The van der Waals surface area contributed by atoms with Crippen LogP contribution in [0.5, 0.6) is 5.88 Å². The van der Waals surface area contributed by atoms with Gasteiger partial charge >= 0.3 is 6.18 Å². The number of ether oxygens (including phenoxy) is 1. The highest BCUT2D eigenvalue weighted by Crippen LogP contribution is 2.60. The number of carbonyl (C=O) groups excluding carboxylic acids is 1. The summed E-state index contributed by atoms with van der Waals surface area (Å²) in [6.45, 7) is 19.3. The fourth-order valence-corrected chi connectivity index (χ4v) is 7.45. The number of amides is 1. The topological polar surface area (TPSA) is 72.3 Å². The first-order chi connectivity index (χ1) is 21.6. The van der Waals surface area contributed by atoms with E-state index in [0.29, 0.717) is 23.1 Å². The van der Waals surface area contributed by atoms with Crippen LogP contribution in [0.4, 0.5) is 19.0 Å². The lowest BCUT2D eigenvalue weighted by Gasteiger charge is -2.50. The first kappa shape index (κ1) is 37.1. The van der Waals surface area contributed by atoms with Gasteiger partial charge in [-0.1, -0.05) is 57.5 Å². The number of nitrogens with one attached hydrogen (secondary N) is 1. The van der Waals surface area contributed by atoms with E-state index < -0.39 is 21.6 Å². The van der Waals surface area contributed by atoms with Gasteiger partial charge in [-0.15, -0.1) is 5.10 Å². The van der Waals surface area contributed by atoms with Gasteiger partial charge in [-0.25, -0.2) is 19.7 Å². The number of anilines is 1. The second kappa shape index (κ2) is 15.0. The molecule has 0 spiro atoms. The number of allylic oxidation sites excluding steroid dienone is 5. The zero-order chi connectivity index (χ0) is 34.3. The van der Waals surface area contributed by atoms with Gasteiger partial charge in [-0.05, 0) is 87.4 Å². The van der Waals surface area contributed by atoms with Gasteiger partial charge in [-0.3, -0.25) is 9.52 Å². The van der Waals surface area contributed by atoms with Gasteiger partial charge in [0.25, 0.3) is 5.91 Å². The fourth-order valence-electron chi connectivity index (χ4n) is 5.28. The smallest absolute Gasteiger partial charge is 0.394 e. The Morgan fingerprint density at radius 2 is 1.83 bits per heavy atom. The molecule has 2 aromatic heterocycles. The van der Waals surface area contributed by atoms with Crippen molar-refractivity contribution in [2.45, 2.75) is 50.6 Å². The number of hydrogen-bond acceptors (Lipinski definition) is 6. The molecule has 12 heteroatoms. The van der Waals surface area contributed by atoms with E-state index in [1.54, 1.807) is 54.8 Å². The zero-order valence-corrected chi connectivity index (χ0v) is 29.0. The van der Waals surface area contributed by atoms with Crippen LogP contribution < -0.4 is 14.4 Å². The van der Waals surface area contributed by atoms with E-state index in [0.717, 1.165) is 29.8 Å². The van der Waals surface area contributed by atoms with Gasteiger partial charge in [0.1, 0.15) is 5.82 Å². The van der Waals surface area contributed by atoms with Gasteiger partial charge in [0, 0.05) is 23.7 Å². The maximum absolute atomic E-state index is 13.5. The summed E-state index contributed by atoms with van der Waals surface area (Å²) >= 11 is 1.15. The first-order valence-electron chi connectivity index (χ1n) is 14.9. The average Bonchev–Trinajstić information content (AvgIpc) is 3.54. The van der Waals surface area contributed by atoms with Gasteiger partial charge in [0.15, 0.2) is 5.82 Å². The summed E-state index contributed by atoms with van der Waals surface area (Å²) in [6.07, 6.45) is 13.7. The van der Waals surface area contributed by atoms with Crippen LogP contribution in [0.2, 0.25) is 0 Å². The van der Waals surface area contributed by atoms with Crippen molar-refractivity contribution in [3.63, 3.8) is 0 Å². The Labute approximate surface area is 277 Å². The molecule has 2 atom stereocenters. The molecule has 2 fully saturated rings. The highest BCUT2D eigenvalue weighted by molar-refractivity contribution is 8.33. The molecule has 46 heavy (non-hydrogen) atoms. The number of alkyl halides is 3. The number of nitrogens with zero attached hydrogens (tertiary/aromatic N) is 4. The zero-order valence-electron chi connectivity index (χ0n) is 27.4. The van der Waals surface area contributed by atoms with Crippen molar-refractivity contribution in [2.24, 2.45) is 11.3 Å². The highest BCUT2D eigenvalue weighted by Gasteiger charge is 2.62. The Balaban J connectivity index is 0.00000136. The molecule has 2 aliphatic rings. The fraction of sp³-hybridized carbons (Fsp3) is 0.441. The van der Waals surface area contributed by atoms with Crippen molar-refractivity contribution < 1.29 is 22.7 Å². The third kappa shape index (κ3) is 8.50. The maximum Gasteiger partial charge on any atom is 0.394 e. The number of rotatable bonds is 13. The summed E-state index contributed by atoms with van der Waals surface area (Å²) in [5.74, 6) is 1.37. The number of aromatic nitrogens is 3. The molecular weight excluding hydrogens is 632 g/mol. The van der Waals surface area contributed by atoms with Crippen LogP contribution in [-0.2, 0) is 0 Å². The number of carbonyl (C=O) groups is 1. The van der Waals surface area contributed by atoms with Crippen LogP contribution >= 0.6 is 22.0 Å². The molecule has 1 N–H and O–H groups in total. The highest BCUT2D eigenvalue weighted by atomic mass is 32.3. The van der Waals surface area contributed by atoms with Crippen LogP contribution in [-0.4, -0.2) is 63.6 Å². The van der Waals surface area contributed by atoms with Crippen molar-refractivity contribution in [1.82, 2.24) is 19.5 Å². The molecule has 252 valence electrons. The minimum Gasteiger partial charge on any atom is -0.477 e. The summed E-state index contributed by atoms with van der Waals surface area (Å²) in [4.78, 5) is 21.3. The quantitative estimate of drug-likeness (QED) is 0.169. The largest absolute Gasteiger partial charge is 0.477 e. The molecule has 1 saturated heterocycles. The third-order valence-corrected chi connectivity index (χ3v) is 12.3. The number of hydrogen-bond donors (Lipinski definition) is 1. The van der Waals surface area contributed by atoms with Crippen molar-refractivity contribution in [3.05, 3.63) is 91.6 Å². The second-order valence-electron chi connectivity index (χ2n) is 12.5. The van der Waals surface area contributed by atoms with Crippen LogP contribution in [0.3, 0.4) is 0 Å². The van der Waals surface area contributed by atoms with Crippen LogP contribution in [0.25, 0.3) is 5.82 Å². The average molecular weight is 678 g/mol. The Morgan fingerprint density at radius 3 is 2.37 bits per heavy atom. The van der Waals surface area contributed by atoms with E-state index in [-0.39, 0.29) is 42.5 Å². The third-order valence-electron chi connectivity index (χ3n) is 8.47. The molecule has 4 rings (SSSR count). The summed E-state index contributed by atoms with van der Waals surface area (Å²) < 4.78 is 49.8. The Hall–Kier alpha value is -3.38. The van der Waals surface area contributed by atoms with Crippen LogP contribution in [0.15, 0.2) is 86.0 Å². The summed E-state index contributed by atoms with van der Waals surface area (Å²) in [5, 5.41) is 4.42. The molecule has 1 aliphatic carbocycles. The monoisotopic (exact) mass is 677 g/mol. The molecule has 2 unspecified atom stereocenters. The molecule has 1 amide bonds. The second-order valence-corrected chi connectivity index (χ2v) is 17.9. The molecule has 0 aromatic carbocycles. The summed E-state index contributed by atoms with van der Waals surface area (Å²) in [6, 6.07) is 5.05. The van der Waals surface area contributed by atoms with Crippen molar-refractivity contribution >= 4 is 33.7 Å². The van der Waals surface area contributed by atoms with E-state index >= 15 is 0 Å². The van der Waals surface area contributed by atoms with E-state index in [2.05, 4.69) is 73.7 Å². The SMILES string of the molecule is C=C/C=C(\C=C)SNC(=O)c1ccc(-n2ccc(OCCC3(C(F)(F)F)CC3)n2)nc1N1CC(C)CC1(C)S(C)(C)C.C=CC=C. The predicted molar refractivity (Wildman–Crippen MR) is 188 cm³/mol. The molecule has 1 saturated carbocycles. The van der Waals surface area contributed by atoms with Crippen molar-refractivity contribution in [2.75, 3.05) is 36.8 Å². The lowest BCUT2D eigenvalue weighted by atomic mass is 10.0. The minimum absolute atomic E-state index is 0.0721. The molecule has 3 heterocycles. The number of pyridine rings is 1. The lowest BCUT2D eigenvalue weighted by molar-refractivity contribution is -0.190. The van der Waals surface area contributed by atoms with Gasteiger partial charge < -0.3 is 9.64 Å². The normalized spacial score (nSPS) is 21.0. The summed E-state index contributed by atoms with van der Waals surface area (Å²) in [5.41, 5.74) is -1.19. The van der Waals surface area contributed by atoms with E-state index in [1.807, 2.05) is 0 Å². The van der Waals surface area contributed by atoms with Crippen molar-refractivity contribution in [3.8, 4) is 11.7 Å². The first-order valence-corrected chi connectivity index (χ1v) is 18.6. The Bertz CT molecular complexity index is 1450. The minimum atomic E-state index is -4.21. The predicted octanol–water partition coefficient (Wildman–Crippen LogP) is 8.63. The summed E-state index contributed by atoms with van der Waals surface area (Å²) in [7, 11) is -1.12. The molecule has 2 aromatic rings. The van der Waals surface area contributed by atoms with Gasteiger partial charge in [0.2, 0.25) is 5.88 Å². The molecular formula is C34H46F3N5O2S2. The molecule has 0 bridgehead atoms. The van der Waals surface area contributed by atoms with Gasteiger partial charge in [-0.2, -0.15) is 13.2 Å². The van der Waals surface area contributed by atoms with Crippen molar-refractivity contribution in [1.29, 1.82) is 0 Å². The van der Waals surface area contributed by atoms with E-state index in [1.165, 1.54) is 4.68 Å². The Morgan fingerprint density at radius 1 is 1.15 bits per heavy atom. The maximum atomic E-state index is 13.5. The van der Waals surface area contributed by atoms with Crippen LogP contribution in [0, 0.1) is 11.3 Å². The number of halogens is 3.